The van der Waals surface area contributed by atoms with E-state index in [4.69, 9.17) is 5.73 Å². The monoisotopic (exact) mass is 306 g/mol. The number of rotatable bonds is 5. The van der Waals surface area contributed by atoms with E-state index in [2.05, 4.69) is 65.2 Å². The van der Waals surface area contributed by atoms with Gasteiger partial charge in [-0.25, -0.2) is 0 Å². The maximum atomic E-state index is 5.70. The number of nitrogen functional groups attached to an aromatic ring is 1. The van der Waals surface area contributed by atoms with Crippen molar-refractivity contribution < 1.29 is 0 Å². The van der Waals surface area contributed by atoms with Crippen LogP contribution >= 0.6 is 0 Å². The Hall–Kier alpha value is -2.88. The van der Waals surface area contributed by atoms with Crippen molar-refractivity contribution in [1.82, 2.24) is 4.90 Å². The zero-order valence-corrected chi connectivity index (χ0v) is 13.3. The average molecular weight is 306 g/mol. The van der Waals surface area contributed by atoms with Gasteiger partial charge in [0, 0.05) is 49.1 Å². The summed E-state index contributed by atoms with van der Waals surface area (Å²) in [6.07, 6.45) is 6.34. The topological polar surface area (TPSA) is 53.3 Å². The summed E-state index contributed by atoms with van der Waals surface area (Å²) in [7, 11) is 2.06. The van der Waals surface area contributed by atoms with E-state index in [1.807, 2.05) is 24.3 Å². The largest absolute Gasteiger partial charge is 0.399 e. The lowest BCUT2D eigenvalue weighted by Gasteiger charge is -2.18. The number of hydrogen-bond acceptors (Lipinski definition) is 4. The van der Waals surface area contributed by atoms with Gasteiger partial charge in [0.1, 0.15) is 0 Å². The summed E-state index contributed by atoms with van der Waals surface area (Å²) in [5, 5.41) is 6.86. The van der Waals surface area contributed by atoms with Crippen molar-refractivity contribution in [3.63, 3.8) is 0 Å². The van der Waals surface area contributed by atoms with Gasteiger partial charge in [-0.15, -0.1) is 0 Å². The standard InChI is InChI=1S/C19H22N4/c1-23-11-9-18(10-12-23)22-19-4-2-3-15(13-19)14-21-17-7-5-16(20)6-8-17/h2-11,13,21-22H,12,14,20H2,1H3. The van der Waals surface area contributed by atoms with E-state index >= 15 is 0 Å². The molecule has 0 amide bonds. The Morgan fingerprint density at radius 3 is 2.65 bits per heavy atom. The van der Waals surface area contributed by atoms with Crippen LogP contribution in [0, 0.1) is 0 Å². The molecule has 0 aliphatic carbocycles. The van der Waals surface area contributed by atoms with Crippen molar-refractivity contribution in [2.45, 2.75) is 6.54 Å². The van der Waals surface area contributed by atoms with E-state index < -0.39 is 0 Å². The van der Waals surface area contributed by atoms with Crippen molar-refractivity contribution in [1.29, 1.82) is 0 Å². The maximum absolute atomic E-state index is 5.70. The van der Waals surface area contributed by atoms with Gasteiger partial charge in [-0.05, 0) is 54.1 Å². The fourth-order valence-electron chi connectivity index (χ4n) is 2.40. The third-order valence-corrected chi connectivity index (χ3v) is 3.73. The predicted octanol–water partition coefficient (Wildman–Crippen LogP) is 3.64. The first kappa shape index (κ1) is 15.0. The fourth-order valence-corrected chi connectivity index (χ4v) is 2.40. The minimum Gasteiger partial charge on any atom is -0.399 e. The molecule has 0 atom stereocenters. The first-order chi connectivity index (χ1) is 11.2. The van der Waals surface area contributed by atoms with Crippen LogP contribution < -0.4 is 16.4 Å². The van der Waals surface area contributed by atoms with Gasteiger partial charge in [0.15, 0.2) is 0 Å². The van der Waals surface area contributed by atoms with Crippen molar-refractivity contribution in [3.05, 3.63) is 78.1 Å². The zero-order chi connectivity index (χ0) is 16.1. The second-order valence-electron chi connectivity index (χ2n) is 5.72. The summed E-state index contributed by atoms with van der Waals surface area (Å²) < 4.78 is 0. The molecule has 0 fully saturated rings. The maximum Gasteiger partial charge on any atom is 0.0401 e. The second-order valence-corrected chi connectivity index (χ2v) is 5.72. The van der Waals surface area contributed by atoms with E-state index in [-0.39, 0.29) is 0 Å². The second kappa shape index (κ2) is 6.92. The molecule has 0 aromatic heterocycles. The number of nitrogens with one attached hydrogen (secondary N) is 2. The summed E-state index contributed by atoms with van der Waals surface area (Å²) in [6, 6.07) is 16.2. The highest BCUT2D eigenvalue weighted by atomic mass is 15.1. The molecule has 2 aromatic rings. The van der Waals surface area contributed by atoms with Gasteiger partial charge in [0.05, 0.1) is 0 Å². The molecule has 0 saturated heterocycles. The fraction of sp³-hybridized carbons (Fsp3) is 0.158. The van der Waals surface area contributed by atoms with Crippen LogP contribution in [0.4, 0.5) is 17.1 Å². The number of hydrogen-bond donors (Lipinski definition) is 3. The van der Waals surface area contributed by atoms with Gasteiger partial charge < -0.3 is 21.3 Å². The van der Waals surface area contributed by atoms with Gasteiger partial charge >= 0.3 is 0 Å². The van der Waals surface area contributed by atoms with Crippen LogP contribution in [0.5, 0.6) is 0 Å². The minimum absolute atomic E-state index is 0.775. The summed E-state index contributed by atoms with van der Waals surface area (Å²) in [6.45, 7) is 1.70. The average Bonchev–Trinajstić information content (AvgIpc) is 2.57. The Bertz CT molecular complexity index is 716. The van der Waals surface area contributed by atoms with Gasteiger partial charge in [-0.1, -0.05) is 12.1 Å². The van der Waals surface area contributed by atoms with E-state index in [0.29, 0.717) is 0 Å². The molecule has 3 rings (SSSR count). The molecule has 0 bridgehead atoms. The molecule has 1 aliphatic rings. The Kier molecular flexibility index (Phi) is 4.52. The molecule has 0 spiro atoms. The Morgan fingerprint density at radius 2 is 1.91 bits per heavy atom. The first-order valence-electron chi connectivity index (χ1n) is 7.73. The molecule has 118 valence electrons. The van der Waals surface area contributed by atoms with Crippen LogP contribution in [-0.4, -0.2) is 18.5 Å². The van der Waals surface area contributed by atoms with Gasteiger partial charge in [-0.2, -0.15) is 0 Å². The first-order valence-corrected chi connectivity index (χ1v) is 7.73. The number of nitrogens with zero attached hydrogens (tertiary/aromatic N) is 1. The lowest BCUT2D eigenvalue weighted by Crippen LogP contribution is -2.15. The summed E-state index contributed by atoms with van der Waals surface area (Å²) >= 11 is 0. The Labute approximate surface area is 137 Å². The molecule has 0 radical (unpaired) electrons. The van der Waals surface area contributed by atoms with Crippen molar-refractivity contribution in [3.8, 4) is 0 Å². The van der Waals surface area contributed by atoms with Gasteiger partial charge in [0.25, 0.3) is 0 Å². The smallest absolute Gasteiger partial charge is 0.0401 e. The molecule has 0 unspecified atom stereocenters. The lowest BCUT2D eigenvalue weighted by atomic mass is 10.2. The highest BCUT2D eigenvalue weighted by Crippen LogP contribution is 2.17. The number of nitrogens with two attached hydrogens (primary N) is 1. The number of allylic oxidation sites excluding steroid dienone is 1. The summed E-state index contributed by atoms with van der Waals surface area (Å²) in [5.74, 6) is 0. The van der Waals surface area contributed by atoms with Crippen LogP contribution in [0.2, 0.25) is 0 Å². The molecule has 0 saturated carbocycles. The molecule has 1 heterocycles. The summed E-state index contributed by atoms with van der Waals surface area (Å²) in [5.41, 5.74) is 11.0. The normalized spacial score (nSPS) is 13.6. The SMILES string of the molecule is CN1C=CC(Nc2cccc(CNc3ccc(N)cc3)c2)=CC1. The Balaban J connectivity index is 1.61. The molecule has 4 nitrogen and oxygen atoms in total. The van der Waals surface area contributed by atoms with Gasteiger partial charge in [0.2, 0.25) is 0 Å². The zero-order valence-electron chi connectivity index (χ0n) is 13.3. The number of anilines is 3. The molecule has 23 heavy (non-hydrogen) atoms. The van der Waals surface area contributed by atoms with Crippen LogP contribution in [0.3, 0.4) is 0 Å². The van der Waals surface area contributed by atoms with Crippen molar-refractivity contribution >= 4 is 17.1 Å². The van der Waals surface area contributed by atoms with E-state index in [1.165, 1.54) is 5.56 Å². The third kappa shape index (κ3) is 4.30. The van der Waals surface area contributed by atoms with Crippen LogP contribution in [-0.2, 0) is 6.54 Å². The third-order valence-electron chi connectivity index (χ3n) is 3.73. The number of benzene rings is 2. The highest BCUT2D eigenvalue weighted by molar-refractivity contribution is 5.54. The predicted molar refractivity (Wildman–Crippen MR) is 98.1 cm³/mol. The molecule has 4 heteroatoms. The minimum atomic E-state index is 0.775. The van der Waals surface area contributed by atoms with Crippen molar-refractivity contribution in [2.75, 3.05) is 30.0 Å². The highest BCUT2D eigenvalue weighted by Gasteiger charge is 2.02. The van der Waals surface area contributed by atoms with Crippen molar-refractivity contribution in [2.24, 2.45) is 0 Å². The molecular formula is C19H22N4. The lowest BCUT2D eigenvalue weighted by molar-refractivity contribution is 0.502. The number of likely N-dealkylation sites (N-methyl/N-ethyl adjacent to an activating group) is 1. The van der Waals surface area contributed by atoms with Crippen LogP contribution in [0.15, 0.2) is 72.6 Å². The molecule has 4 N–H and O–H groups in total. The van der Waals surface area contributed by atoms with Gasteiger partial charge in [-0.3, -0.25) is 0 Å². The molecular weight excluding hydrogens is 284 g/mol. The van der Waals surface area contributed by atoms with Crippen LogP contribution in [0.1, 0.15) is 5.56 Å². The quantitative estimate of drug-likeness (QED) is 0.738. The van der Waals surface area contributed by atoms with E-state index in [0.717, 1.165) is 35.8 Å². The Morgan fingerprint density at radius 1 is 1.09 bits per heavy atom. The molecule has 1 aliphatic heterocycles. The molecule has 2 aromatic carbocycles. The summed E-state index contributed by atoms with van der Waals surface area (Å²) in [4.78, 5) is 2.14. The van der Waals surface area contributed by atoms with E-state index in [1.54, 1.807) is 0 Å². The van der Waals surface area contributed by atoms with E-state index in [9.17, 15) is 0 Å². The van der Waals surface area contributed by atoms with Crippen LogP contribution in [0.25, 0.3) is 0 Å².